The molecular formula is C59H110N2O7P+. The van der Waals surface area contributed by atoms with E-state index in [1.165, 1.54) is 135 Å². The van der Waals surface area contributed by atoms with Crippen LogP contribution in [0, 0.1) is 0 Å². The number of carbonyl (C=O) groups excluding carboxylic acids is 2. The molecule has 69 heavy (non-hydrogen) atoms. The highest BCUT2D eigenvalue weighted by Gasteiger charge is 2.30. The number of hydrogen-bond acceptors (Lipinski definition) is 6. The number of likely N-dealkylation sites (N-methyl/N-ethyl adjacent to an activating group) is 1. The average molecular weight is 991 g/mol. The number of rotatable bonds is 51. The molecule has 0 saturated heterocycles. The number of nitrogens with one attached hydrogen (secondary N) is 1. The summed E-state index contributed by atoms with van der Waals surface area (Å²) in [4.78, 5) is 37.5. The van der Waals surface area contributed by atoms with Crippen molar-refractivity contribution in [2.45, 2.75) is 264 Å². The first-order chi connectivity index (χ1) is 33.4. The maximum atomic E-state index is 13.5. The fourth-order valence-electron chi connectivity index (χ4n) is 8.05. The molecule has 0 aliphatic rings. The number of carbonyl (C=O) groups is 2. The molecule has 0 aliphatic heterocycles. The number of allylic oxidation sites excluding steroid dienone is 9. The minimum Gasteiger partial charge on any atom is -0.456 e. The van der Waals surface area contributed by atoms with E-state index in [2.05, 4.69) is 74.7 Å². The monoisotopic (exact) mass is 990 g/mol. The smallest absolute Gasteiger partial charge is 0.456 e. The molecule has 0 saturated carbocycles. The first-order valence-electron chi connectivity index (χ1n) is 28.6. The lowest BCUT2D eigenvalue weighted by atomic mass is 10.0. The number of hydrogen-bond donors (Lipinski definition) is 2. The van der Waals surface area contributed by atoms with Crippen molar-refractivity contribution in [3.63, 3.8) is 0 Å². The van der Waals surface area contributed by atoms with Crippen LogP contribution < -0.4 is 5.32 Å². The topological polar surface area (TPSA) is 111 Å². The summed E-state index contributed by atoms with van der Waals surface area (Å²) in [6.07, 6.45) is 60.8. The van der Waals surface area contributed by atoms with Crippen molar-refractivity contribution in [3.8, 4) is 0 Å². The van der Waals surface area contributed by atoms with Gasteiger partial charge < -0.3 is 19.4 Å². The van der Waals surface area contributed by atoms with Crippen LogP contribution in [0.4, 0.5) is 0 Å². The van der Waals surface area contributed by atoms with Crippen LogP contribution in [0.25, 0.3) is 0 Å². The Balaban J connectivity index is 5.29. The van der Waals surface area contributed by atoms with Crippen molar-refractivity contribution >= 4 is 19.7 Å². The molecule has 9 nitrogen and oxygen atoms in total. The van der Waals surface area contributed by atoms with E-state index in [0.29, 0.717) is 17.4 Å². The molecule has 0 radical (unpaired) electrons. The molecule has 1 amide bonds. The lowest BCUT2D eigenvalue weighted by Crippen LogP contribution is -2.47. The number of quaternary nitrogens is 1. The Bertz CT molecular complexity index is 1370. The van der Waals surface area contributed by atoms with Gasteiger partial charge in [-0.05, 0) is 76.7 Å². The molecule has 0 aromatic carbocycles. The fraction of sp³-hybridized carbons (Fsp3) is 0.797. The molecule has 0 fully saturated rings. The number of amides is 1. The zero-order valence-corrected chi connectivity index (χ0v) is 46.7. The molecule has 0 heterocycles. The molecule has 402 valence electrons. The number of unbranched alkanes of at least 4 members (excludes halogenated alkanes) is 29. The summed E-state index contributed by atoms with van der Waals surface area (Å²) in [7, 11) is 1.48. The Morgan fingerprint density at radius 3 is 1.42 bits per heavy atom. The SMILES string of the molecule is CC/C=C/C=C/C=C\CCCCCCCC(=O)NC(COP(=O)(O)OCC[N+](C)(C)C)C(/C=C\CCCCCCCCCCC)OC(=O)CCCCCCCCCCC/C=C/CCCCCCCC. The minimum absolute atomic E-state index is 0.0343. The van der Waals surface area contributed by atoms with Crippen molar-refractivity contribution in [1.29, 1.82) is 0 Å². The molecule has 0 spiro atoms. The Labute approximate surface area is 426 Å². The van der Waals surface area contributed by atoms with E-state index in [-0.39, 0.29) is 31.5 Å². The highest BCUT2D eigenvalue weighted by atomic mass is 31.2. The minimum atomic E-state index is -4.45. The zero-order chi connectivity index (χ0) is 50.8. The van der Waals surface area contributed by atoms with Gasteiger partial charge in [0.05, 0.1) is 33.8 Å². The van der Waals surface area contributed by atoms with Crippen LogP contribution in [-0.2, 0) is 27.9 Å². The Hall–Kier alpha value is -2.29. The third-order valence-corrected chi connectivity index (χ3v) is 13.5. The fourth-order valence-corrected chi connectivity index (χ4v) is 8.79. The standard InChI is InChI=1S/C59H109N2O7P/c1-7-10-13-16-19-22-25-27-28-29-30-31-32-34-37-40-43-46-49-52-59(63)68-57(50-47-44-41-38-35-24-21-18-15-12-9-3)56(55-67-69(64,65)66-54-53-61(4,5)6)60-58(62)51-48-45-42-39-36-33-26-23-20-17-14-11-8-2/h11,14,17,20,23,26-28,47,50,56-57H,7-10,12-13,15-16,18-19,21-22,24-25,29-46,48-49,51-55H2,1-6H3,(H-,60,62,64,65)/p+1/b14-11+,20-17+,26-23-,28-27+,50-47-. The summed E-state index contributed by atoms with van der Waals surface area (Å²) in [5.74, 6) is -0.531. The van der Waals surface area contributed by atoms with E-state index < -0.39 is 20.0 Å². The highest BCUT2D eigenvalue weighted by Crippen LogP contribution is 2.43. The van der Waals surface area contributed by atoms with Crippen molar-refractivity contribution in [2.75, 3.05) is 40.9 Å². The second kappa shape index (κ2) is 49.3. The number of phosphoric ester groups is 1. The number of esters is 1. The van der Waals surface area contributed by atoms with Gasteiger partial charge in [0.15, 0.2) is 0 Å². The summed E-state index contributed by atoms with van der Waals surface area (Å²) in [5, 5.41) is 3.03. The van der Waals surface area contributed by atoms with Gasteiger partial charge in [0.2, 0.25) is 5.91 Å². The van der Waals surface area contributed by atoms with Crippen molar-refractivity contribution in [2.24, 2.45) is 0 Å². The summed E-state index contributed by atoms with van der Waals surface area (Å²) >= 11 is 0. The van der Waals surface area contributed by atoms with E-state index in [9.17, 15) is 19.0 Å². The first-order valence-corrected chi connectivity index (χ1v) is 30.1. The summed E-state index contributed by atoms with van der Waals surface area (Å²) in [6.45, 7) is 6.85. The van der Waals surface area contributed by atoms with E-state index in [4.69, 9.17) is 13.8 Å². The second-order valence-electron chi connectivity index (χ2n) is 20.5. The van der Waals surface area contributed by atoms with Gasteiger partial charge in [0.1, 0.15) is 19.3 Å². The van der Waals surface area contributed by atoms with Crippen LogP contribution in [0.3, 0.4) is 0 Å². The van der Waals surface area contributed by atoms with Crippen LogP contribution in [0.1, 0.15) is 252 Å². The molecular weight excluding hydrogens is 880 g/mol. The number of nitrogens with zero attached hydrogens (tertiary/aromatic N) is 1. The third kappa shape index (κ3) is 50.4. The number of ether oxygens (including phenoxy) is 1. The molecule has 3 atom stereocenters. The van der Waals surface area contributed by atoms with E-state index in [1.807, 2.05) is 33.3 Å². The van der Waals surface area contributed by atoms with Gasteiger partial charge in [-0.1, -0.05) is 223 Å². The largest absolute Gasteiger partial charge is 0.472 e. The molecule has 3 unspecified atom stereocenters. The van der Waals surface area contributed by atoms with E-state index in [0.717, 1.165) is 83.5 Å². The zero-order valence-electron chi connectivity index (χ0n) is 45.8. The summed E-state index contributed by atoms with van der Waals surface area (Å²) < 4.78 is 30.6. The quantitative estimate of drug-likeness (QED) is 0.0156. The van der Waals surface area contributed by atoms with Gasteiger partial charge in [-0.15, -0.1) is 0 Å². The van der Waals surface area contributed by atoms with Crippen molar-refractivity contribution in [1.82, 2.24) is 5.32 Å². The molecule has 0 aromatic heterocycles. The van der Waals surface area contributed by atoms with Gasteiger partial charge >= 0.3 is 13.8 Å². The second-order valence-corrected chi connectivity index (χ2v) is 21.9. The highest BCUT2D eigenvalue weighted by molar-refractivity contribution is 7.47. The Kier molecular flexibility index (Phi) is 47.7. The van der Waals surface area contributed by atoms with Gasteiger partial charge in [0.25, 0.3) is 0 Å². The summed E-state index contributed by atoms with van der Waals surface area (Å²) in [5.41, 5.74) is 0. The predicted octanol–water partition coefficient (Wildman–Crippen LogP) is 17.1. The third-order valence-electron chi connectivity index (χ3n) is 12.5. The van der Waals surface area contributed by atoms with Gasteiger partial charge in [0, 0.05) is 12.8 Å². The lowest BCUT2D eigenvalue weighted by molar-refractivity contribution is -0.870. The van der Waals surface area contributed by atoms with Crippen molar-refractivity contribution < 1.29 is 37.3 Å². The first kappa shape index (κ1) is 66.7. The Morgan fingerprint density at radius 2 is 0.942 bits per heavy atom. The molecule has 2 N–H and O–H groups in total. The van der Waals surface area contributed by atoms with Gasteiger partial charge in [-0.2, -0.15) is 0 Å². The summed E-state index contributed by atoms with van der Waals surface area (Å²) in [6, 6.07) is -0.859. The van der Waals surface area contributed by atoms with Crippen LogP contribution in [-0.4, -0.2) is 74.3 Å². The van der Waals surface area contributed by atoms with Gasteiger partial charge in [-0.3, -0.25) is 18.6 Å². The van der Waals surface area contributed by atoms with Crippen LogP contribution in [0.15, 0.2) is 60.8 Å². The maximum absolute atomic E-state index is 13.5. The number of phosphoric acid groups is 1. The van der Waals surface area contributed by atoms with Crippen LogP contribution in [0.2, 0.25) is 0 Å². The average Bonchev–Trinajstić information content (AvgIpc) is 3.31. The van der Waals surface area contributed by atoms with E-state index in [1.54, 1.807) is 0 Å². The molecule has 0 aromatic rings. The molecule has 0 aliphatic carbocycles. The molecule has 0 bridgehead atoms. The van der Waals surface area contributed by atoms with Gasteiger partial charge in [-0.25, -0.2) is 4.57 Å². The van der Waals surface area contributed by atoms with Crippen LogP contribution >= 0.6 is 7.82 Å². The van der Waals surface area contributed by atoms with Crippen molar-refractivity contribution in [3.05, 3.63) is 60.8 Å². The molecule has 10 heteroatoms. The normalized spacial score (nSPS) is 14.2. The Morgan fingerprint density at radius 1 is 0.522 bits per heavy atom. The maximum Gasteiger partial charge on any atom is 0.472 e. The van der Waals surface area contributed by atoms with E-state index >= 15 is 0 Å². The predicted molar refractivity (Wildman–Crippen MR) is 295 cm³/mol. The lowest BCUT2D eigenvalue weighted by Gasteiger charge is -2.27. The van der Waals surface area contributed by atoms with Crippen LogP contribution in [0.5, 0.6) is 0 Å². The molecule has 0 rings (SSSR count).